The summed E-state index contributed by atoms with van der Waals surface area (Å²) >= 11 is 0. The number of hydrogen-bond acceptors (Lipinski definition) is 7. The third kappa shape index (κ3) is 6.59. The number of aromatic nitrogens is 3. The number of benzene rings is 5. The van der Waals surface area contributed by atoms with Gasteiger partial charge >= 0.3 is 12.1 Å². The smallest absolute Gasteiger partial charge is 0.416 e. The Morgan fingerprint density at radius 3 is 2.38 bits per heavy atom. The van der Waals surface area contributed by atoms with Crippen molar-refractivity contribution >= 4 is 33.3 Å². The summed E-state index contributed by atoms with van der Waals surface area (Å²) in [6.07, 6.45) is -1.02. The van der Waals surface area contributed by atoms with Gasteiger partial charge in [0.25, 0.3) is 0 Å². The van der Waals surface area contributed by atoms with Crippen molar-refractivity contribution in [2.24, 2.45) is 0 Å². The number of alkyl halides is 3. The second-order valence-electron chi connectivity index (χ2n) is 13.5. The maximum Gasteiger partial charge on any atom is 0.416 e. The number of Topliss-reactive ketones (excluding diaryl/α,β-unsaturated/α-hetero) is 1. The Morgan fingerprint density at radius 2 is 1.64 bits per heavy atom. The lowest BCUT2D eigenvalue weighted by molar-refractivity contribution is -0.137. The fourth-order valence-electron chi connectivity index (χ4n) is 7.83. The van der Waals surface area contributed by atoms with Crippen LogP contribution in [0.3, 0.4) is 0 Å². The molecule has 10 heteroatoms. The second kappa shape index (κ2) is 14.3. The molecule has 0 bridgehead atoms. The lowest BCUT2D eigenvalue weighted by Crippen LogP contribution is -2.26. The summed E-state index contributed by atoms with van der Waals surface area (Å²) in [5.74, 6) is -2.56. The first-order chi connectivity index (χ1) is 26.6. The summed E-state index contributed by atoms with van der Waals surface area (Å²) in [4.78, 5) is 40.9. The zero-order valence-corrected chi connectivity index (χ0v) is 29.5. The molecule has 1 aliphatic carbocycles. The topological polar surface area (TPSA) is 106 Å². The van der Waals surface area contributed by atoms with Gasteiger partial charge in [0.15, 0.2) is 0 Å². The average molecular weight is 733 g/mol. The van der Waals surface area contributed by atoms with Crippen LogP contribution >= 0.6 is 0 Å². The fraction of sp³-hybridized carbons (Fsp3) is 0.156. The molecule has 0 amide bonds. The highest BCUT2D eigenvalue weighted by Crippen LogP contribution is 2.51. The van der Waals surface area contributed by atoms with E-state index in [1.54, 1.807) is 36.5 Å². The molecule has 0 saturated carbocycles. The number of carbonyl (C=O) groups is 2. The monoisotopic (exact) mass is 732 g/mol. The molecule has 7 aromatic rings. The van der Waals surface area contributed by atoms with Crippen LogP contribution in [-0.2, 0) is 22.1 Å². The number of ether oxygens (including phenoxy) is 1. The van der Waals surface area contributed by atoms with Crippen molar-refractivity contribution in [3.05, 3.63) is 172 Å². The van der Waals surface area contributed by atoms with E-state index in [0.29, 0.717) is 28.8 Å². The maximum atomic E-state index is 14.3. The van der Waals surface area contributed by atoms with Gasteiger partial charge in [-0.1, -0.05) is 72.8 Å². The Bertz CT molecular complexity index is 2670. The molecule has 0 aliphatic heterocycles. The highest BCUT2D eigenvalue weighted by Gasteiger charge is 2.39. The van der Waals surface area contributed by atoms with Crippen LogP contribution in [0.2, 0.25) is 0 Å². The minimum Gasteiger partial charge on any atom is -0.459 e. The maximum absolute atomic E-state index is 14.3. The Labute approximate surface area is 314 Å². The van der Waals surface area contributed by atoms with Gasteiger partial charge in [-0.25, -0.2) is 14.8 Å². The van der Waals surface area contributed by atoms with E-state index in [1.165, 1.54) is 12.3 Å². The van der Waals surface area contributed by atoms with Gasteiger partial charge in [-0.15, -0.1) is 0 Å². The van der Waals surface area contributed by atoms with Crippen LogP contribution in [0, 0.1) is 18.3 Å². The molecule has 7 nitrogen and oxygen atoms in total. The molecule has 0 saturated heterocycles. The molecule has 0 N–H and O–H groups in total. The van der Waals surface area contributed by atoms with Gasteiger partial charge in [0.05, 0.1) is 35.4 Å². The number of ketones is 1. The molecule has 0 fully saturated rings. The number of fused-ring (bicyclic) bond motifs is 5. The predicted octanol–water partition coefficient (Wildman–Crippen LogP) is 9.68. The van der Waals surface area contributed by atoms with Gasteiger partial charge < -0.3 is 4.74 Å². The van der Waals surface area contributed by atoms with Gasteiger partial charge in [0.1, 0.15) is 5.78 Å². The van der Waals surface area contributed by atoms with Gasteiger partial charge in [-0.05, 0) is 92.7 Å². The zero-order valence-electron chi connectivity index (χ0n) is 29.5. The van der Waals surface area contributed by atoms with Crippen molar-refractivity contribution in [3.8, 4) is 17.3 Å². The van der Waals surface area contributed by atoms with E-state index in [0.717, 1.165) is 56.1 Å². The third-order valence-electron chi connectivity index (χ3n) is 10.3. The first-order valence-corrected chi connectivity index (χ1v) is 17.7. The van der Waals surface area contributed by atoms with E-state index in [4.69, 9.17) is 9.72 Å². The molecule has 0 radical (unpaired) electrons. The van der Waals surface area contributed by atoms with Crippen LogP contribution in [0.5, 0.6) is 0 Å². The van der Waals surface area contributed by atoms with Gasteiger partial charge in [-0.3, -0.25) is 9.78 Å². The zero-order chi connectivity index (χ0) is 38.3. The molecule has 0 spiro atoms. The molecule has 1 aliphatic rings. The van der Waals surface area contributed by atoms with Crippen molar-refractivity contribution in [1.29, 1.82) is 5.26 Å². The average Bonchev–Trinajstić information content (AvgIpc) is 3.20. The van der Waals surface area contributed by atoms with E-state index < -0.39 is 29.5 Å². The van der Waals surface area contributed by atoms with Crippen LogP contribution in [-0.4, -0.2) is 33.3 Å². The number of pyridine rings is 1. The first-order valence-electron chi connectivity index (χ1n) is 17.7. The fourth-order valence-corrected chi connectivity index (χ4v) is 7.83. The first kappa shape index (κ1) is 35.3. The van der Waals surface area contributed by atoms with Crippen LogP contribution in [0.25, 0.3) is 32.8 Å². The van der Waals surface area contributed by atoms with Crippen molar-refractivity contribution in [2.45, 2.75) is 37.8 Å². The van der Waals surface area contributed by atoms with Gasteiger partial charge in [0.2, 0.25) is 5.82 Å². The molecule has 55 heavy (non-hydrogen) atoms. The Morgan fingerprint density at radius 1 is 0.855 bits per heavy atom. The van der Waals surface area contributed by atoms with E-state index in [9.17, 15) is 28.0 Å². The molecule has 2 heterocycles. The second-order valence-corrected chi connectivity index (χ2v) is 13.5. The van der Waals surface area contributed by atoms with Crippen LogP contribution in [0.15, 0.2) is 122 Å². The number of halogens is 3. The summed E-state index contributed by atoms with van der Waals surface area (Å²) in [6, 6.07) is 33.0. The standard InChI is InChI=1S/C45H31F3N4O3/c1-26-32-10-2-3-11-33(32)34-16-17-35-40(29-7-6-8-30(23-29)45(46,47)48)38(53)24-36(28-14-12-27(25-49)13-15-28)41(35)42(34)39(26)37-18-21-51-43(52-37)44(54)55-22-19-31-9-4-5-20-50-31/h2-18,20-21,23,36,40H,19,22,24H2,1H3. The highest BCUT2D eigenvalue weighted by atomic mass is 19.4. The summed E-state index contributed by atoms with van der Waals surface area (Å²) < 4.78 is 47.5. The van der Waals surface area contributed by atoms with Crippen molar-refractivity contribution < 1.29 is 27.5 Å². The molecule has 270 valence electrons. The molecular formula is C45H31F3N4O3. The van der Waals surface area contributed by atoms with Crippen molar-refractivity contribution in [1.82, 2.24) is 15.0 Å². The summed E-state index contributed by atoms with van der Waals surface area (Å²) in [5, 5.41) is 13.0. The molecule has 2 aromatic heterocycles. The van der Waals surface area contributed by atoms with Crippen LogP contribution in [0.4, 0.5) is 13.2 Å². The molecule has 2 unspecified atom stereocenters. The third-order valence-corrected chi connectivity index (χ3v) is 10.3. The lowest BCUT2D eigenvalue weighted by atomic mass is 9.68. The number of nitriles is 1. The Kier molecular flexibility index (Phi) is 9.15. The van der Waals surface area contributed by atoms with Crippen LogP contribution < -0.4 is 0 Å². The minimum absolute atomic E-state index is 0.00185. The molecular weight excluding hydrogens is 702 g/mol. The van der Waals surface area contributed by atoms with Gasteiger partial charge in [-0.2, -0.15) is 18.4 Å². The SMILES string of the molecule is Cc1c(-c2ccnc(C(=O)OCCc3ccccn3)n2)c2c3c(ccc2c2ccccc12)C(c1cccc(C(F)(F)F)c1)C(=O)CC3c1ccc(C#N)cc1. The number of nitrogens with zero attached hydrogens (tertiary/aromatic N) is 4. The Hall–Kier alpha value is -6.73. The summed E-state index contributed by atoms with van der Waals surface area (Å²) in [6.45, 7) is 2.05. The van der Waals surface area contributed by atoms with Crippen molar-refractivity contribution in [3.63, 3.8) is 0 Å². The quantitative estimate of drug-likeness (QED) is 0.119. The van der Waals surface area contributed by atoms with E-state index in [1.807, 2.05) is 67.6 Å². The van der Waals surface area contributed by atoms with Crippen LogP contribution in [0.1, 0.15) is 73.5 Å². The molecule has 5 aromatic carbocycles. The Balaban J connectivity index is 1.36. The van der Waals surface area contributed by atoms with E-state index in [-0.39, 0.29) is 30.2 Å². The lowest BCUT2D eigenvalue weighted by Gasteiger charge is -2.34. The van der Waals surface area contributed by atoms with E-state index in [2.05, 4.69) is 16.0 Å². The summed E-state index contributed by atoms with van der Waals surface area (Å²) in [7, 11) is 0. The number of rotatable bonds is 7. The minimum atomic E-state index is -4.60. The number of hydrogen-bond donors (Lipinski definition) is 0. The largest absolute Gasteiger partial charge is 0.459 e. The normalized spacial score (nSPS) is 15.4. The number of carbonyl (C=O) groups excluding carboxylic acids is 2. The molecule has 2 atom stereocenters. The van der Waals surface area contributed by atoms with E-state index >= 15 is 0 Å². The number of esters is 1. The van der Waals surface area contributed by atoms with Gasteiger partial charge in [0, 0.05) is 42.4 Å². The number of aryl methyl sites for hydroxylation is 1. The van der Waals surface area contributed by atoms with Crippen molar-refractivity contribution in [2.75, 3.05) is 6.61 Å². The molecule has 8 rings (SSSR count). The predicted molar refractivity (Wildman–Crippen MR) is 201 cm³/mol. The summed E-state index contributed by atoms with van der Waals surface area (Å²) in [5.41, 5.74) is 4.76. The highest BCUT2D eigenvalue weighted by molar-refractivity contribution is 6.18.